The molecular weight excluding hydrogens is 406 g/mol. The zero-order valence-corrected chi connectivity index (χ0v) is 17.2. The van der Waals surface area contributed by atoms with Gasteiger partial charge in [0.05, 0.1) is 10.7 Å². The van der Waals surface area contributed by atoms with Crippen LogP contribution < -0.4 is 10.6 Å². The molecule has 0 saturated carbocycles. The van der Waals surface area contributed by atoms with Gasteiger partial charge in [-0.2, -0.15) is 0 Å². The molecule has 0 radical (unpaired) electrons. The molecule has 3 aromatic rings. The Morgan fingerprint density at radius 2 is 1.97 bits per heavy atom. The Kier molecular flexibility index (Phi) is 6.55. The molecule has 1 aliphatic heterocycles. The fraction of sp³-hybridized carbons (Fsp3) is 0.304. The first-order valence-corrected chi connectivity index (χ1v) is 10.5. The van der Waals surface area contributed by atoms with Crippen molar-refractivity contribution in [1.29, 1.82) is 0 Å². The third-order valence-corrected chi connectivity index (χ3v) is 5.53. The lowest BCUT2D eigenvalue weighted by Gasteiger charge is -2.22. The number of nitrogens with one attached hydrogen (secondary N) is 2. The molecule has 30 heavy (non-hydrogen) atoms. The zero-order chi connectivity index (χ0) is 20.9. The molecule has 4 nitrogen and oxygen atoms in total. The summed E-state index contributed by atoms with van der Waals surface area (Å²) in [7, 11) is 0. The number of aromatic nitrogens is 2. The molecule has 0 unspecified atom stereocenters. The standard InChI is InChI=1S/C23H23ClF2N4/c24-21-14-28-19(9-15-3-2-6-27-12-15)11-20(21)22-4-1-5-23(30-22)29-13-16-7-17(25)10-18(26)8-16/h1,4-5,7-8,10-11,14-15,27H,2-3,6,9,12-13H2,(H,29,30)/t15-/m1/s1. The van der Waals surface area contributed by atoms with Crippen molar-refractivity contribution in [2.75, 3.05) is 18.4 Å². The molecule has 1 atom stereocenters. The molecule has 1 fully saturated rings. The average molecular weight is 429 g/mol. The average Bonchev–Trinajstić information content (AvgIpc) is 2.74. The quantitative estimate of drug-likeness (QED) is 0.564. The highest BCUT2D eigenvalue weighted by Crippen LogP contribution is 2.28. The number of pyridine rings is 2. The summed E-state index contributed by atoms with van der Waals surface area (Å²) in [6.07, 6.45) is 4.97. The minimum Gasteiger partial charge on any atom is -0.366 e. The van der Waals surface area contributed by atoms with Gasteiger partial charge >= 0.3 is 0 Å². The zero-order valence-electron chi connectivity index (χ0n) is 16.5. The van der Waals surface area contributed by atoms with Crippen LogP contribution in [0.3, 0.4) is 0 Å². The van der Waals surface area contributed by atoms with Crippen LogP contribution in [-0.2, 0) is 13.0 Å². The van der Waals surface area contributed by atoms with Crippen molar-refractivity contribution >= 4 is 17.4 Å². The third-order valence-electron chi connectivity index (χ3n) is 5.23. The van der Waals surface area contributed by atoms with Crippen molar-refractivity contribution in [1.82, 2.24) is 15.3 Å². The summed E-state index contributed by atoms with van der Waals surface area (Å²) in [5.74, 6) is -0.0217. The Morgan fingerprint density at radius 3 is 2.73 bits per heavy atom. The monoisotopic (exact) mass is 428 g/mol. The first kappa shape index (κ1) is 20.7. The summed E-state index contributed by atoms with van der Waals surface area (Å²) in [5.41, 5.74) is 3.05. The van der Waals surface area contributed by atoms with Gasteiger partial charge < -0.3 is 10.6 Å². The van der Waals surface area contributed by atoms with Crippen LogP contribution in [0.15, 0.2) is 48.7 Å². The molecule has 1 aliphatic rings. The largest absolute Gasteiger partial charge is 0.366 e. The summed E-state index contributed by atoms with van der Waals surface area (Å²) >= 11 is 6.42. The molecule has 1 aromatic carbocycles. The molecule has 0 amide bonds. The van der Waals surface area contributed by atoms with Crippen molar-refractivity contribution in [3.8, 4) is 11.3 Å². The summed E-state index contributed by atoms with van der Waals surface area (Å²) in [6.45, 7) is 2.36. The maximum Gasteiger partial charge on any atom is 0.126 e. The normalized spacial score (nSPS) is 16.4. The van der Waals surface area contributed by atoms with Crippen LogP contribution >= 0.6 is 11.6 Å². The smallest absolute Gasteiger partial charge is 0.126 e. The van der Waals surface area contributed by atoms with Crippen LogP contribution in [0.25, 0.3) is 11.3 Å². The van der Waals surface area contributed by atoms with Crippen molar-refractivity contribution < 1.29 is 8.78 Å². The molecule has 0 bridgehead atoms. The lowest BCUT2D eigenvalue weighted by Crippen LogP contribution is -2.31. The summed E-state index contributed by atoms with van der Waals surface area (Å²) in [6, 6.07) is 11.0. The Hall–Kier alpha value is -2.57. The van der Waals surface area contributed by atoms with Crippen LogP contribution in [0, 0.1) is 17.6 Å². The van der Waals surface area contributed by atoms with Crippen LogP contribution in [-0.4, -0.2) is 23.1 Å². The lowest BCUT2D eigenvalue weighted by atomic mass is 9.94. The predicted molar refractivity (Wildman–Crippen MR) is 115 cm³/mol. The summed E-state index contributed by atoms with van der Waals surface area (Å²) in [4.78, 5) is 9.13. The fourth-order valence-electron chi connectivity index (χ4n) is 3.77. The molecule has 0 aliphatic carbocycles. The number of rotatable bonds is 6. The molecule has 4 rings (SSSR count). The lowest BCUT2D eigenvalue weighted by molar-refractivity contribution is 0.373. The second-order valence-electron chi connectivity index (χ2n) is 7.61. The second-order valence-corrected chi connectivity index (χ2v) is 8.02. The molecule has 7 heteroatoms. The van der Waals surface area contributed by atoms with Gasteiger partial charge in [-0.1, -0.05) is 17.7 Å². The molecule has 2 aromatic heterocycles. The highest BCUT2D eigenvalue weighted by Gasteiger charge is 2.16. The van der Waals surface area contributed by atoms with Gasteiger partial charge in [0.25, 0.3) is 0 Å². The van der Waals surface area contributed by atoms with Gasteiger partial charge in [0, 0.05) is 30.1 Å². The minimum absolute atomic E-state index is 0.259. The maximum atomic E-state index is 13.4. The SMILES string of the molecule is Fc1cc(F)cc(CNc2cccc(-c3cc(C[C@H]4CCCNC4)ncc3Cl)n2)c1. The van der Waals surface area contributed by atoms with E-state index in [9.17, 15) is 8.78 Å². The van der Waals surface area contributed by atoms with E-state index < -0.39 is 11.6 Å². The van der Waals surface area contributed by atoms with Gasteiger partial charge in [-0.05, 0) is 74.2 Å². The van der Waals surface area contributed by atoms with E-state index in [4.69, 9.17) is 11.6 Å². The van der Waals surface area contributed by atoms with Gasteiger partial charge in [0.2, 0.25) is 0 Å². The highest BCUT2D eigenvalue weighted by atomic mass is 35.5. The van der Waals surface area contributed by atoms with E-state index in [0.29, 0.717) is 22.3 Å². The number of anilines is 1. The second kappa shape index (κ2) is 9.49. The Bertz CT molecular complexity index is 1000. The van der Waals surface area contributed by atoms with Gasteiger partial charge in [-0.15, -0.1) is 0 Å². The van der Waals surface area contributed by atoms with Crippen molar-refractivity contribution in [2.45, 2.75) is 25.8 Å². The number of benzene rings is 1. The van der Waals surface area contributed by atoms with Gasteiger partial charge in [-0.3, -0.25) is 4.98 Å². The molecular formula is C23H23ClF2N4. The van der Waals surface area contributed by atoms with E-state index in [1.165, 1.54) is 25.0 Å². The van der Waals surface area contributed by atoms with Crippen LogP contribution in [0.2, 0.25) is 5.02 Å². The molecule has 1 saturated heterocycles. The van der Waals surface area contributed by atoms with Gasteiger partial charge in [-0.25, -0.2) is 13.8 Å². The first-order chi connectivity index (χ1) is 14.6. The number of piperidine rings is 1. The van der Waals surface area contributed by atoms with Crippen molar-refractivity contribution in [3.05, 3.63) is 76.6 Å². The van der Waals surface area contributed by atoms with E-state index in [1.54, 1.807) is 6.20 Å². The van der Waals surface area contributed by atoms with Crippen LogP contribution in [0.1, 0.15) is 24.1 Å². The number of nitrogens with zero attached hydrogens (tertiary/aromatic N) is 2. The van der Waals surface area contributed by atoms with Crippen molar-refractivity contribution in [3.63, 3.8) is 0 Å². The minimum atomic E-state index is -0.599. The summed E-state index contributed by atoms with van der Waals surface area (Å²) in [5, 5.41) is 7.09. The van der Waals surface area contributed by atoms with E-state index in [-0.39, 0.29) is 6.54 Å². The first-order valence-electron chi connectivity index (χ1n) is 10.1. The Morgan fingerprint density at radius 1 is 1.13 bits per heavy atom. The van der Waals surface area contributed by atoms with E-state index in [0.717, 1.165) is 42.5 Å². The van der Waals surface area contributed by atoms with Gasteiger partial charge in [0.15, 0.2) is 0 Å². The molecule has 2 N–H and O–H groups in total. The van der Waals surface area contributed by atoms with Crippen LogP contribution in [0.4, 0.5) is 14.6 Å². The highest BCUT2D eigenvalue weighted by molar-refractivity contribution is 6.33. The Balaban J connectivity index is 1.50. The predicted octanol–water partition coefficient (Wildman–Crippen LogP) is 5.23. The third kappa shape index (κ3) is 5.32. The van der Waals surface area contributed by atoms with Gasteiger partial charge in [0.1, 0.15) is 17.5 Å². The van der Waals surface area contributed by atoms with E-state index in [1.807, 2.05) is 24.3 Å². The molecule has 0 spiro atoms. The molecule has 156 valence electrons. The number of hydrogen-bond donors (Lipinski definition) is 2. The Labute approximate surface area is 179 Å². The fourth-order valence-corrected chi connectivity index (χ4v) is 3.97. The topological polar surface area (TPSA) is 49.8 Å². The summed E-state index contributed by atoms with van der Waals surface area (Å²) < 4.78 is 26.8. The molecule has 3 heterocycles. The van der Waals surface area contributed by atoms with Crippen LogP contribution in [0.5, 0.6) is 0 Å². The van der Waals surface area contributed by atoms with E-state index in [2.05, 4.69) is 20.6 Å². The maximum absolute atomic E-state index is 13.4. The number of halogens is 3. The number of hydrogen-bond acceptors (Lipinski definition) is 4. The van der Waals surface area contributed by atoms with Crippen molar-refractivity contribution in [2.24, 2.45) is 5.92 Å². The van der Waals surface area contributed by atoms with E-state index >= 15 is 0 Å².